The number of carboxylic acids is 1. The minimum absolute atomic E-state index is 0.0194. The van der Waals surface area contributed by atoms with E-state index in [1.165, 1.54) is 0 Å². The van der Waals surface area contributed by atoms with Gasteiger partial charge in [0.25, 0.3) is 8.32 Å². The summed E-state index contributed by atoms with van der Waals surface area (Å²) in [5, 5.41) is 8.75. The molecule has 0 amide bonds. The molecule has 1 aromatic carbocycles. The number of benzene rings is 1. The van der Waals surface area contributed by atoms with Crippen LogP contribution in [0.1, 0.15) is 27.2 Å². The largest absolute Gasteiger partial charge is 0.541 e. The van der Waals surface area contributed by atoms with Gasteiger partial charge in [-0.25, -0.2) is 0 Å². The van der Waals surface area contributed by atoms with E-state index in [1.807, 2.05) is 24.3 Å². The van der Waals surface area contributed by atoms with Crippen LogP contribution in [0.25, 0.3) is 0 Å². The minimum atomic E-state index is -1.93. The number of carbonyl (C=O) groups is 1. The van der Waals surface area contributed by atoms with Gasteiger partial charge in [-0.1, -0.05) is 32.9 Å². The second-order valence-electron chi connectivity index (χ2n) is 6.30. The standard InChI is InChI=1S/C15H24O4Si/c1-15(2,3)20(4,5)19-13-9-7-6-8-12(13)18-11-10-14(16)17/h6-9H,10-11H2,1-5H3,(H,16,17). The molecule has 0 aliphatic heterocycles. The molecule has 4 nitrogen and oxygen atoms in total. The Morgan fingerprint density at radius 3 is 2.25 bits per heavy atom. The van der Waals surface area contributed by atoms with Crippen molar-refractivity contribution in [2.75, 3.05) is 6.61 Å². The second kappa shape index (κ2) is 6.30. The van der Waals surface area contributed by atoms with Gasteiger partial charge in [-0.15, -0.1) is 0 Å². The van der Waals surface area contributed by atoms with Crippen LogP contribution in [0, 0.1) is 0 Å². The molecule has 1 rings (SSSR count). The Labute approximate surface area is 121 Å². The number of carboxylic acid groups (broad SMARTS) is 1. The van der Waals surface area contributed by atoms with Crippen molar-refractivity contribution in [3.63, 3.8) is 0 Å². The molecule has 0 unspecified atom stereocenters. The van der Waals surface area contributed by atoms with Crippen molar-refractivity contribution >= 4 is 14.3 Å². The van der Waals surface area contributed by atoms with Gasteiger partial charge in [0.1, 0.15) is 5.75 Å². The van der Waals surface area contributed by atoms with Gasteiger partial charge in [0.2, 0.25) is 0 Å². The zero-order chi connectivity index (χ0) is 15.4. The van der Waals surface area contributed by atoms with Crippen LogP contribution in [0.3, 0.4) is 0 Å². The highest BCUT2D eigenvalue weighted by molar-refractivity contribution is 6.74. The Kier molecular flexibility index (Phi) is 5.22. The number of rotatable bonds is 6. The van der Waals surface area contributed by atoms with Crippen molar-refractivity contribution < 1.29 is 19.1 Å². The third kappa shape index (κ3) is 4.56. The third-order valence-electron chi connectivity index (χ3n) is 3.59. The number of hydrogen-bond donors (Lipinski definition) is 1. The van der Waals surface area contributed by atoms with Gasteiger partial charge >= 0.3 is 5.97 Å². The fourth-order valence-corrected chi connectivity index (χ4v) is 2.35. The maximum atomic E-state index is 10.5. The zero-order valence-electron chi connectivity index (χ0n) is 12.9. The number of ether oxygens (including phenoxy) is 1. The van der Waals surface area contributed by atoms with Crippen LogP contribution in [0.2, 0.25) is 18.1 Å². The highest BCUT2D eigenvalue weighted by atomic mass is 28.4. The second-order valence-corrected chi connectivity index (χ2v) is 11.0. The molecular weight excluding hydrogens is 272 g/mol. The summed E-state index contributed by atoms with van der Waals surface area (Å²) in [7, 11) is -1.93. The van der Waals surface area contributed by atoms with E-state index in [1.54, 1.807) is 0 Å². The highest BCUT2D eigenvalue weighted by Crippen LogP contribution is 2.39. The first kappa shape index (κ1) is 16.6. The SMILES string of the molecule is CC(C)(C)[Si](C)(C)Oc1ccccc1OCCC(=O)O. The van der Waals surface area contributed by atoms with E-state index in [0.29, 0.717) is 11.5 Å². The van der Waals surface area contributed by atoms with Crippen molar-refractivity contribution in [3.8, 4) is 11.5 Å². The molecular formula is C15H24O4Si. The van der Waals surface area contributed by atoms with Crippen molar-refractivity contribution in [3.05, 3.63) is 24.3 Å². The lowest BCUT2D eigenvalue weighted by Crippen LogP contribution is -2.43. The van der Waals surface area contributed by atoms with Crippen LogP contribution in [0.4, 0.5) is 0 Å². The first-order valence-corrected chi connectivity index (χ1v) is 9.67. The Morgan fingerprint density at radius 2 is 1.75 bits per heavy atom. The number of para-hydroxylation sites is 2. The van der Waals surface area contributed by atoms with Gasteiger partial charge < -0.3 is 14.3 Å². The van der Waals surface area contributed by atoms with Crippen LogP contribution < -0.4 is 9.16 Å². The molecule has 0 atom stereocenters. The Hall–Kier alpha value is -1.49. The molecule has 5 heteroatoms. The Balaban J connectivity index is 2.83. The molecule has 20 heavy (non-hydrogen) atoms. The fourth-order valence-electron chi connectivity index (χ4n) is 1.33. The molecule has 0 aromatic heterocycles. The zero-order valence-corrected chi connectivity index (χ0v) is 13.9. The van der Waals surface area contributed by atoms with Crippen LogP contribution in [0.15, 0.2) is 24.3 Å². The van der Waals surface area contributed by atoms with E-state index in [4.69, 9.17) is 14.3 Å². The average molecular weight is 296 g/mol. The normalized spacial score (nSPS) is 12.1. The average Bonchev–Trinajstić information content (AvgIpc) is 2.29. The summed E-state index contributed by atoms with van der Waals surface area (Å²) in [5.74, 6) is 0.441. The van der Waals surface area contributed by atoms with Gasteiger partial charge in [-0.2, -0.15) is 0 Å². The quantitative estimate of drug-likeness (QED) is 0.808. The van der Waals surface area contributed by atoms with Gasteiger partial charge in [0.05, 0.1) is 13.0 Å². The monoisotopic (exact) mass is 296 g/mol. The van der Waals surface area contributed by atoms with Crippen LogP contribution >= 0.6 is 0 Å². The van der Waals surface area contributed by atoms with Crippen molar-refractivity contribution in [2.24, 2.45) is 0 Å². The lowest BCUT2D eigenvalue weighted by molar-refractivity contribution is -0.137. The van der Waals surface area contributed by atoms with Crippen molar-refractivity contribution in [1.82, 2.24) is 0 Å². The predicted molar refractivity (Wildman–Crippen MR) is 82.0 cm³/mol. The molecule has 0 aliphatic carbocycles. The number of hydrogen-bond acceptors (Lipinski definition) is 3. The smallest absolute Gasteiger partial charge is 0.306 e. The van der Waals surface area contributed by atoms with Crippen molar-refractivity contribution in [2.45, 2.75) is 45.3 Å². The molecule has 112 valence electrons. The minimum Gasteiger partial charge on any atom is -0.541 e. The molecule has 1 aromatic rings. The summed E-state index contributed by atoms with van der Waals surface area (Å²) < 4.78 is 11.7. The summed E-state index contributed by atoms with van der Waals surface area (Å²) in [6, 6.07) is 7.43. The fraction of sp³-hybridized carbons (Fsp3) is 0.533. The van der Waals surface area contributed by atoms with Gasteiger partial charge in [-0.3, -0.25) is 4.79 Å². The summed E-state index contributed by atoms with van der Waals surface area (Å²) >= 11 is 0. The van der Waals surface area contributed by atoms with Gasteiger partial charge in [0.15, 0.2) is 5.75 Å². The van der Waals surface area contributed by atoms with Crippen LogP contribution in [-0.2, 0) is 4.79 Å². The van der Waals surface area contributed by atoms with E-state index in [9.17, 15) is 4.79 Å². The van der Waals surface area contributed by atoms with Gasteiger partial charge in [0, 0.05) is 0 Å². The van der Waals surface area contributed by atoms with E-state index < -0.39 is 14.3 Å². The summed E-state index contributed by atoms with van der Waals surface area (Å²) in [5.41, 5.74) is 0. The van der Waals surface area contributed by atoms with E-state index >= 15 is 0 Å². The Morgan fingerprint density at radius 1 is 1.20 bits per heavy atom. The molecule has 0 saturated carbocycles. The van der Waals surface area contributed by atoms with E-state index in [2.05, 4.69) is 33.9 Å². The molecule has 0 radical (unpaired) electrons. The Bertz CT molecular complexity index is 463. The maximum absolute atomic E-state index is 10.5. The van der Waals surface area contributed by atoms with Crippen LogP contribution in [-0.4, -0.2) is 26.0 Å². The molecule has 1 N–H and O–H groups in total. The lowest BCUT2D eigenvalue weighted by atomic mass is 10.2. The van der Waals surface area contributed by atoms with Crippen LogP contribution in [0.5, 0.6) is 11.5 Å². The molecule has 0 aliphatic rings. The number of aliphatic carboxylic acids is 1. The molecule has 0 saturated heterocycles. The summed E-state index contributed by atoms with van der Waals surface area (Å²) in [6.07, 6.45) is -0.0194. The first-order chi connectivity index (χ1) is 9.13. The molecule has 0 spiro atoms. The summed E-state index contributed by atoms with van der Waals surface area (Å²) in [4.78, 5) is 10.5. The molecule has 0 fully saturated rings. The topological polar surface area (TPSA) is 55.8 Å². The van der Waals surface area contributed by atoms with Gasteiger partial charge in [-0.05, 0) is 30.3 Å². The first-order valence-electron chi connectivity index (χ1n) is 6.76. The van der Waals surface area contributed by atoms with E-state index in [-0.39, 0.29) is 18.1 Å². The lowest BCUT2D eigenvalue weighted by Gasteiger charge is -2.36. The van der Waals surface area contributed by atoms with E-state index in [0.717, 1.165) is 0 Å². The predicted octanol–water partition coefficient (Wildman–Crippen LogP) is 3.92. The molecule has 0 heterocycles. The maximum Gasteiger partial charge on any atom is 0.306 e. The highest BCUT2D eigenvalue weighted by Gasteiger charge is 2.39. The van der Waals surface area contributed by atoms with Crippen molar-refractivity contribution in [1.29, 1.82) is 0 Å². The molecule has 0 bridgehead atoms. The summed E-state index contributed by atoms with van der Waals surface area (Å²) in [6.45, 7) is 11.0. The third-order valence-corrected chi connectivity index (χ3v) is 7.94.